The van der Waals surface area contributed by atoms with Crippen molar-refractivity contribution in [3.8, 4) is 5.75 Å². The van der Waals surface area contributed by atoms with Crippen LogP contribution < -0.4 is 15.4 Å². The van der Waals surface area contributed by atoms with E-state index in [1.807, 2.05) is 18.2 Å². The number of amides is 3. The van der Waals surface area contributed by atoms with Crippen molar-refractivity contribution in [2.45, 2.75) is 6.42 Å². The highest BCUT2D eigenvalue weighted by Crippen LogP contribution is 2.23. The van der Waals surface area contributed by atoms with Crippen LogP contribution in [0.25, 0.3) is 6.08 Å². The van der Waals surface area contributed by atoms with Crippen molar-refractivity contribution >= 4 is 35.6 Å². The van der Waals surface area contributed by atoms with Gasteiger partial charge in [-0.15, -0.1) is 5.10 Å². The lowest BCUT2D eigenvalue weighted by molar-refractivity contribution is -0.129. The molecule has 2 aliphatic rings. The van der Waals surface area contributed by atoms with Crippen molar-refractivity contribution in [3.63, 3.8) is 0 Å². The van der Waals surface area contributed by atoms with E-state index in [9.17, 15) is 14.4 Å². The summed E-state index contributed by atoms with van der Waals surface area (Å²) in [5.74, 6) is -0.653. The summed E-state index contributed by atoms with van der Waals surface area (Å²) in [6.07, 6.45) is 1.33. The predicted octanol–water partition coefficient (Wildman–Crippen LogP) is 1.23. The number of rotatable bonds is 4. The van der Waals surface area contributed by atoms with Gasteiger partial charge in [-0.3, -0.25) is 25.0 Å². The molecule has 2 aromatic carbocycles. The van der Waals surface area contributed by atoms with Gasteiger partial charge in [0.1, 0.15) is 17.9 Å². The predicted molar refractivity (Wildman–Crippen MR) is 109 cm³/mol. The van der Waals surface area contributed by atoms with Gasteiger partial charge in [0.25, 0.3) is 5.91 Å². The highest BCUT2D eigenvalue weighted by Gasteiger charge is 2.33. The number of hydrogen-bond acceptors (Lipinski definition) is 6. The monoisotopic (exact) mass is 403 g/mol. The molecule has 1 saturated heterocycles. The Labute approximate surface area is 171 Å². The minimum Gasteiger partial charge on any atom is -0.497 e. The first kappa shape index (κ1) is 19.1. The van der Waals surface area contributed by atoms with E-state index in [1.54, 1.807) is 49.6 Å². The molecule has 0 atom stereocenters. The summed E-state index contributed by atoms with van der Waals surface area (Å²) in [6.45, 7) is 0. The molecule has 0 bridgehead atoms. The Kier molecular flexibility index (Phi) is 5.08. The Morgan fingerprint density at radius 2 is 1.67 bits per heavy atom. The maximum absolute atomic E-state index is 13.0. The van der Waals surface area contributed by atoms with Gasteiger partial charge in [0.05, 0.1) is 7.11 Å². The molecule has 0 saturated carbocycles. The molecular weight excluding hydrogens is 386 g/mol. The molecule has 2 aliphatic heterocycles. The number of aliphatic imine (C=N–C) groups is 1. The fraction of sp³-hybridized carbons (Fsp3) is 0.0952. The fourth-order valence-electron chi connectivity index (χ4n) is 2.91. The molecule has 2 N–H and O–H groups in total. The van der Waals surface area contributed by atoms with Crippen LogP contribution in [0.1, 0.15) is 17.5 Å². The second-order valence-corrected chi connectivity index (χ2v) is 6.44. The fourth-order valence-corrected chi connectivity index (χ4v) is 2.91. The van der Waals surface area contributed by atoms with Crippen molar-refractivity contribution < 1.29 is 19.1 Å². The normalized spacial score (nSPS) is 17.6. The lowest BCUT2D eigenvalue weighted by Gasteiger charge is -2.18. The summed E-state index contributed by atoms with van der Waals surface area (Å²) in [7, 11) is 1.57. The molecule has 2 heterocycles. The zero-order valence-corrected chi connectivity index (χ0v) is 16.0. The summed E-state index contributed by atoms with van der Waals surface area (Å²) in [5, 5.41) is 10.1. The van der Waals surface area contributed by atoms with E-state index in [2.05, 4.69) is 20.7 Å². The molecule has 30 heavy (non-hydrogen) atoms. The van der Waals surface area contributed by atoms with Crippen LogP contribution in [0.5, 0.6) is 5.75 Å². The molecule has 150 valence electrons. The van der Waals surface area contributed by atoms with E-state index < -0.39 is 17.7 Å². The maximum atomic E-state index is 13.0. The van der Waals surface area contributed by atoms with Crippen LogP contribution in [0.15, 0.2) is 70.4 Å². The summed E-state index contributed by atoms with van der Waals surface area (Å²) < 4.78 is 5.14. The van der Waals surface area contributed by atoms with Crippen LogP contribution in [0, 0.1) is 0 Å². The van der Waals surface area contributed by atoms with E-state index in [0.717, 1.165) is 10.6 Å². The molecule has 9 nitrogen and oxygen atoms in total. The van der Waals surface area contributed by atoms with Crippen LogP contribution in [-0.4, -0.2) is 41.6 Å². The molecular formula is C21H17N5O4. The van der Waals surface area contributed by atoms with Gasteiger partial charge < -0.3 is 4.74 Å². The van der Waals surface area contributed by atoms with Gasteiger partial charge in [-0.1, -0.05) is 42.5 Å². The number of amidine groups is 1. The van der Waals surface area contributed by atoms with Crippen molar-refractivity contribution in [3.05, 3.63) is 71.4 Å². The summed E-state index contributed by atoms with van der Waals surface area (Å²) >= 11 is 0. The molecule has 2 aromatic rings. The number of guanidine groups is 1. The van der Waals surface area contributed by atoms with Gasteiger partial charge in [0.2, 0.25) is 17.8 Å². The standard InChI is InChI=1S/C21H17N5O4/c1-30-15-9-7-13(8-10-15)11-16-20(29)26(19(22-16)14-5-3-2-4-6-14)25-21-23-17(27)12-18(28)24-21/h2-11H,12H2,1H3,(H2,23,24,25,27,28). The third-order valence-electron chi connectivity index (χ3n) is 4.33. The molecule has 1 fully saturated rings. The second-order valence-electron chi connectivity index (χ2n) is 6.44. The number of carbonyl (C=O) groups is 3. The molecule has 0 radical (unpaired) electrons. The number of nitrogens with zero attached hydrogens (tertiary/aromatic N) is 3. The third kappa shape index (κ3) is 3.95. The van der Waals surface area contributed by atoms with Crippen molar-refractivity contribution in [1.29, 1.82) is 0 Å². The molecule has 0 unspecified atom stereocenters. The lowest BCUT2D eigenvalue weighted by atomic mass is 10.2. The minimum absolute atomic E-state index is 0.126. The smallest absolute Gasteiger partial charge is 0.298 e. The first-order valence-corrected chi connectivity index (χ1v) is 9.06. The van der Waals surface area contributed by atoms with E-state index in [-0.39, 0.29) is 23.9 Å². The summed E-state index contributed by atoms with van der Waals surface area (Å²) in [5.41, 5.74) is 1.57. The number of hydrazone groups is 1. The molecule has 4 rings (SSSR count). The second kappa shape index (κ2) is 8.00. The van der Waals surface area contributed by atoms with Crippen molar-refractivity contribution in [2.75, 3.05) is 7.11 Å². The third-order valence-corrected chi connectivity index (χ3v) is 4.33. The quantitative estimate of drug-likeness (QED) is 0.591. The lowest BCUT2D eigenvalue weighted by Crippen LogP contribution is -2.52. The molecule has 9 heteroatoms. The van der Waals surface area contributed by atoms with Gasteiger partial charge in [-0.2, -0.15) is 5.01 Å². The zero-order chi connectivity index (χ0) is 21.1. The van der Waals surface area contributed by atoms with Crippen LogP contribution >= 0.6 is 0 Å². The first-order chi connectivity index (χ1) is 14.5. The van der Waals surface area contributed by atoms with Crippen LogP contribution in [0.2, 0.25) is 0 Å². The van der Waals surface area contributed by atoms with Crippen LogP contribution in [0.4, 0.5) is 0 Å². The van der Waals surface area contributed by atoms with E-state index in [1.165, 1.54) is 0 Å². The Morgan fingerprint density at radius 1 is 1.00 bits per heavy atom. The SMILES string of the molecule is COc1ccc(C=C2N=C(c3ccccc3)N(N=C3NC(=O)CC(=O)N3)C2=O)cc1. The van der Waals surface area contributed by atoms with Crippen LogP contribution in [-0.2, 0) is 14.4 Å². The van der Waals surface area contributed by atoms with Gasteiger partial charge >= 0.3 is 0 Å². The highest BCUT2D eigenvalue weighted by molar-refractivity contribution is 6.21. The van der Waals surface area contributed by atoms with Crippen molar-refractivity contribution in [1.82, 2.24) is 15.6 Å². The van der Waals surface area contributed by atoms with Crippen LogP contribution in [0.3, 0.4) is 0 Å². The number of carbonyl (C=O) groups excluding carboxylic acids is 3. The number of benzene rings is 2. The number of hydrogen-bond donors (Lipinski definition) is 2. The molecule has 3 amide bonds. The Hall–Kier alpha value is -4.27. The highest BCUT2D eigenvalue weighted by atomic mass is 16.5. The first-order valence-electron chi connectivity index (χ1n) is 9.06. The van der Waals surface area contributed by atoms with Gasteiger partial charge in [-0.25, -0.2) is 4.99 Å². The van der Waals surface area contributed by atoms with E-state index >= 15 is 0 Å². The van der Waals surface area contributed by atoms with Crippen molar-refractivity contribution in [2.24, 2.45) is 10.1 Å². The summed E-state index contributed by atoms with van der Waals surface area (Å²) in [6, 6.07) is 16.2. The van der Waals surface area contributed by atoms with Gasteiger partial charge in [-0.05, 0) is 23.8 Å². The summed E-state index contributed by atoms with van der Waals surface area (Å²) in [4.78, 5) is 40.8. The number of ether oxygens (including phenoxy) is 1. The van der Waals surface area contributed by atoms with E-state index in [0.29, 0.717) is 11.3 Å². The molecule has 0 aliphatic carbocycles. The van der Waals surface area contributed by atoms with Gasteiger partial charge in [0, 0.05) is 5.56 Å². The van der Waals surface area contributed by atoms with E-state index in [4.69, 9.17) is 4.74 Å². The number of methoxy groups -OCH3 is 1. The molecule has 0 aromatic heterocycles. The average Bonchev–Trinajstić information content (AvgIpc) is 3.04. The Morgan fingerprint density at radius 3 is 2.30 bits per heavy atom. The number of nitrogens with one attached hydrogen (secondary N) is 2. The Balaban J connectivity index is 1.72. The largest absolute Gasteiger partial charge is 0.497 e. The Bertz CT molecular complexity index is 1090. The maximum Gasteiger partial charge on any atom is 0.298 e. The van der Waals surface area contributed by atoms with Gasteiger partial charge in [0.15, 0.2) is 5.84 Å². The zero-order valence-electron chi connectivity index (χ0n) is 16.0. The molecule has 0 spiro atoms. The average molecular weight is 403 g/mol. The topological polar surface area (TPSA) is 112 Å². The minimum atomic E-state index is -0.503.